The summed E-state index contributed by atoms with van der Waals surface area (Å²) >= 11 is 0. The minimum atomic E-state index is -0.409. The fraction of sp³-hybridized carbons (Fsp3) is 0.909. The third-order valence-electron chi connectivity index (χ3n) is 2.80. The number of nitrogens with one attached hydrogen (secondary N) is 1. The molecule has 0 radical (unpaired) electrons. The smallest absolute Gasteiger partial charge is 0.237 e. The van der Waals surface area contributed by atoms with Crippen LogP contribution in [0.3, 0.4) is 0 Å². The molecule has 1 amide bonds. The maximum Gasteiger partial charge on any atom is 0.237 e. The van der Waals surface area contributed by atoms with Crippen LogP contribution in [0.4, 0.5) is 0 Å². The molecule has 1 saturated heterocycles. The van der Waals surface area contributed by atoms with E-state index in [0.29, 0.717) is 6.54 Å². The van der Waals surface area contributed by atoms with Gasteiger partial charge in [0.1, 0.15) is 0 Å². The summed E-state index contributed by atoms with van der Waals surface area (Å²) < 4.78 is 5.51. The zero-order valence-electron chi connectivity index (χ0n) is 10.1. The Morgan fingerprint density at radius 3 is 2.69 bits per heavy atom. The van der Waals surface area contributed by atoms with Crippen molar-refractivity contribution in [3.63, 3.8) is 0 Å². The maximum absolute atomic E-state index is 11.5. The van der Waals surface area contributed by atoms with Gasteiger partial charge in [0.05, 0.1) is 12.1 Å². The normalized spacial score (nSPS) is 22.4. The molecule has 1 fully saturated rings. The predicted octanol–water partition coefficient (Wildman–Crippen LogP) is 1.08. The first kappa shape index (κ1) is 15.7. The maximum atomic E-state index is 11.5. The number of ether oxygens (including phenoxy) is 1. The molecule has 0 bridgehead atoms. The second kappa shape index (κ2) is 7.87. The molecule has 0 spiro atoms. The van der Waals surface area contributed by atoms with Gasteiger partial charge in [-0.15, -0.1) is 12.4 Å². The van der Waals surface area contributed by atoms with E-state index in [9.17, 15) is 4.79 Å². The van der Waals surface area contributed by atoms with Crippen LogP contribution in [-0.4, -0.2) is 31.2 Å². The average Bonchev–Trinajstić information content (AvgIpc) is 2.26. The Kier molecular flexibility index (Phi) is 7.72. The molecule has 1 unspecified atom stereocenters. The highest BCUT2D eigenvalue weighted by Gasteiger charge is 2.19. The van der Waals surface area contributed by atoms with Crippen molar-refractivity contribution in [2.75, 3.05) is 13.2 Å². The number of rotatable bonds is 4. The number of carbonyl (C=O) groups is 1. The summed E-state index contributed by atoms with van der Waals surface area (Å²) in [6.07, 6.45) is 3.55. The molecule has 16 heavy (non-hydrogen) atoms. The molecule has 1 aliphatic rings. The van der Waals surface area contributed by atoms with Crippen LogP contribution in [-0.2, 0) is 9.53 Å². The summed E-state index contributed by atoms with van der Waals surface area (Å²) in [5.41, 5.74) is 5.72. The number of hydrogen-bond donors (Lipinski definition) is 2. The molecule has 5 heteroatoms. The Morgan fingerprint density at radius 2 is 2.19 bits per heavy atom. The van der Waals surface area contributed by atoms with Crippen molar-refractivity contribution in [3.8, 4) is 0 Å². The lowest BCUT2D eigenvalue weighted by Gasteiger charge is -2.24. The van der Waals surface area contributed by atoms with Gasteiger partial charge in [0, 0.05) is 13.2 Å². The van der Waals surface area contributed by atoms with Crippen LogP contribution < -0.4 is 11.1 Å². The monoisotopic (exact) mass is 250 g/mol. The molecule has 0 aromatic rings. The van der Waals surface area contributed by atoms with Gasteiger partial charge in [0.25, 0.3) is 0 Å². The van der Waals surface area contributed by atoms with E-state index in [1.54, 1.807) is 0 Å². The summed E-state index contributed by atoms with van der Waals surface area (Å²) in [5, 5.41) is 2.84. The van der Waals surface area contributed by atoms with Gasteiger partial charge < -0.3 is 15.8 Å². The fourth-order valence-electron chi connectivity index (χ4n) is 1.60. The van der Waals surface area contributed by atoms with Gasteiger partial charge in [-0.3, -0.25) is 4.79 Å². The zero-order chi connectivity index (χ0) is 11.3. The van der Waals surface area contributed by atoms with E-state index in [0.717, 1.165) is 19.4 Å². The van der Waals surface area contributed by atoms with Gasteiger partial charge in [-0.25, -0.2) is 0 Å². The summed E-state index contributed by atoms with van der Waals surface area (Å²) in [5.74, 6) is 0.108. The molecular weight excluding hydrogens is 228 g/mol. The zero-order valence-corrected chi connectivity index (χ0v) is 10.9. The standard InChI is InChI=1S/C11H22N2O2.ClH/c1-8(2)10(12)11(14)13-7-9-5-3-4-6-15-9;/h8-10H,3-7,12H2,1-2H3,(H,13,14);1H/t9?,10-;/m0./s1. The Bertz CT molecular complexity index is 206. The van der Waals surface area contributed by atoms with Gasteiger partial charge in [0.2, 0.25) is 5.91 Å². The lowest BCUT2D eigenvalue weighted by atomic mass is 10.0. The first-order valence-corrected chi connectivity index (χ1v) is 5.76. The fourth-order valence-corrected chi connectivity index (χ4v) is 1.60. The van der Waals surface area contributed by atoms with Crippen molar-refractivity contribution >= 4 is 18.3 Å². The van der Waals surface area contributed by atoms with E-state index in [4.69, 9.17) is 10.5 Å². The Hall–Kier alpha value is -0.320. The van der Waals surface area contributed by atoms with Crippen molar-refractivity contribution in [1.82, 2.24) is 5.32 Å². The number of hydrogen-bond acceptors (Lipinski definition) is 3. The molecule has 3 N–H and O–H groups in total. The molecule has 2 atom stereocenters. The molecular formula is C11H23ClN2O2. The van der Waals surface area contributed by atoms with Crippen molar-refractivity contribution in [3.05, 3.63) is 0 Å². The molecule has 0 aliphatic carbocycles. The number of amides is 1. The van der Waals surface area contributed by atoms with E-state index in [2.05, 4.69) is 5.32 Å². The van der Waals surface area contributed by atoms with Crippen LogP contribution in [0.25, 0.3) is 0 Å². The highest BCUT2D eigenvalue weighted by molar-refractivity contribution is 5.85. The second-order valence-electron chi connectivity index (χ2n) is 4.50. The van der Waals surface area contributed by atoms with E-state index in [-0.39, 0.29) is 30.3 Å². The van der Waals surface area contributed by atoms with Crippen LogP contribution in [0.1, 0.15) is 33.1 Å². The lowest BCUT2D eigenvalue weighted by molar-refractivity contribution is -0.124. The number of nitrogens with two attached hydrogens (primary N) is 1. The topological polar surface area (TPSA) is 64.4 Å². The number of halogens is 1. The molecule has 1 heterocycles. The van der Waals surface area contributed by atoms with Gasteiger partial charge in [0.15, 0.2) is 0 Å². The first-order chi connectivity index (χ1) is 7.11. The van der Waals surface area contributed by atoms with Crippen LogP contribution in [0.5, 0.6) is 0 Å². The summed E-state index contributed by atoms with van der Waals surface area (Å²) in [6.45, 7) is 5.30. The minimum Gasteiger partial charge on any atom is -0.376 e. The average molecular weight is 251 g/mol. The summed E-state index contributed by atoms with van der Waals surface area (Å²) in [4.78, 5) is 11.5. The molecule has 1 aliphatic heterocycles. The largest absolute Gasteiger partial charge is 0.376 e. The van der Waals surface area contributed by atoms with Crippen molar-refractivity contribution in [1.29, 1.82) is 0 Å². The third-order valence-corrected chi connectivity index (χ3v) is 2.80. The highest BCUT2D eigenvalue weighted by Crippen LogP contribution is 2.11. The SMILES string of the molecule is CC(C)[C@H](N)C(=O)NCC1CCCCO1.Cl. The van der Waals surface area contributed by atoms with E-state index < -0.39 is 6.04 Å². The predicted molar refractivity (Wildman–Crippen MR) is 66.7 cm³/mol. The molecule has 96 valence electrons. The van der Waals surface area contributed by atoms with Gasteiger partial charge in [-0.05, 0) is 25.2 Å². The van der Waals surface area contributed by atoms with Gasteiger partial charge in [-0.1, -0.05) is 13.8 Å². The molecule has 1 rings (SSSR count). The Morgan fingerprint density at radius 1 is 1.50 bits per heavy atom. The van der Waals surface area contributed by atoms with Crippen LogP contribution >= 0.6 is 12.4 Å². The second-order valence-corrected chi connectivity index (χ2v) is 4.50. The van der Waals surface area contributed by atoms with Gasteiger partial charge >= 0.3 is 0 Å². The van der Waals surface area contributed by atoms with Gasteiger partial charge in [-0.2, -0.15) is 0 Å². The first-order valence-electron chi connectivity index (χ1n) is 5.76. The third kappa shape index (κ3) is 5.14. The van der Waals surface area contributed by atoms with E-state index >= 15 is 0 Å². The summed E-state index contributed by atoms with van der Waals surface area (Å²) in [7, 11) is 0. The number of carbonyl (C=O) groups excluding carboxylic acids is 1. The van der Waals surface area contributed by atoms with E-state index in [1.807, 2.05) is 13.8 Å². The minimum absolute atomic E-state index is 0. The highest BCUT2D eigenvalue weighted by atomic mass is 35.5. The van der Waals surface area contributed by atoms with Crippen LogP contribution in [0, 0.1) is 5.92 Å². The molecule has 0 aromatic heterocycles. The summed E-state index contributed by atoms with van der Waals surface area (Å²) in [6, 6.07) is -0.409. The van der Waals surface area contributed by atoms with Crippen molar-refractivity contribution < 1.29 is 9.53 Å². The van der Waals surface area contributed by atoms with E-state index in [1.165, 1.54) is 6.42 Å². The van der Waals surface area contributed by atoms with Crippen molar-refractivity contribution in [2.45, 2.75) is 45.3 Å². The molecule has 0 saturated carbocycles. The molecule has 4 nitrogen and oxygen atoms in total. The van der Waals surface area contributed by atoms with Crippen LogP contribution in [0.15, 0.2) is 0 Å². The Labute approximate surface area is 104 Å². The quantitative estimate of drug-likeness (QED) is 0.785. The lowest BCUT2D eigenvalue weighted by Crippen LogP contribution is -2.46. The van der Waals surface area contributed by atoms with Crippen molar-refractivity contribution in [2.24, 2.45) is 11.7 Å². The van der Waals surface area contributed by atoms with Crippen LogP contribution in [0.2, 0.25) is 0 Å². The molecule has 0 aromatic carbocycles. The Balaban J connectivity index is 0.00000225.